The Morgan fingerprint density at radius 1 is 1.12 bits per heavy atom. The molecular weight excluding hydrogens is 300 g/mol. The molecular formula is C18H24N6. The summed E-state index contributed by atoms with van der Waals surface area (Å²) in [6.07, 6.45) is 11.4. The van der Waals surface area contributed by atoms with Crippen LogP contribution in [0.2, 0.25) is 0 Å². The molecule has 24 heavy (non-hydrogen) atoms. The van der Waals surface area contributed by atoms with Gasteiger partial charge in [0, 0.05) is 48.7 Å². The Morgan fingerprint density at radius 2 is 2.00 bits per heavy atom. The Kier molecular flexibility index (Phi) is 4.30. The van der Waals surface area contributed by atoms with E-state index in [-0.39, 0.29) is 0 Å². The number of likely N-dealkylation sites (tertiary alicyclic amines) is 1. The summed E-state index contributed by atoms with van der Waals surface area (Å²) in [6, 6.07) is 4.09. The maximum absolute atomic E-state index is 4.43. The van der Waals surface area contributed by atoms with Gasteiger partial charge in [-0.1, -0.05) is 6.92 Å². The maximum Gasteiger partial charge on any atom is 0.155 e. The second-order valence-corrected chi connectivity index (χ2v) is 6.63. The lowest BCUT2D eigenvalue weighted by Crippen LogP contribution is -2.33. The fourth-order valence-electron chi connectivity index (χ4n) is 3.65. The van der Waals surface area contributed by atoms with Crippen LogP contribution < -0.4 is 0 Å². The van der Waals surface area contributed by atoms with Crippen molar-refractivity contribution in [3.63, 3.8) is 0 Å². The lowest BCUT2D eigenvalue weighted by molar-refractivity contribution is 0.202. The van der Waals surface area contributed by atoms with E-state index in [0.717, 1.165) is 38.2 Å². The van der Waals surface area contributed by atoms with Gasteiger partial charge >= 0.3 is 0 Å². The number of nitrogens with zero attached hydrogens (tertiary/aromatic N) is 6. The predicted molar refractivity (Wildman–Crippen MR) is 92.8 cm³/mol. The zero-order valence-corrected chi connectivity index (χ0v) is 14.2. The van der Waals surface area contributed by atoms with Crippen LogP contribution in [0, 0.1) is 0 Å². The molecule has 6 heteroatoms. The van der Waals surface area contributed by atoms with Crippen molar-refractivity contribution in [3.8, 4) is 0 Å². The summed E-state index contributed by atoms with van der Waals surface area (Å²) in [4.78, 5) is 6.90. The number of hydrogen-bond donors (Lipinski definition) is 0. The van der Waals surface area contributed by atoms with Crippen LogP contribution in [0.1, 0.15) is 43.4 Å². The van der Waals surface area contributed by atoms with Gasteiger partial charge in [0.1, 0.15) is 0 Å². The average Bonchev–Trinajstić information content (AvgIpc) is 3.25. The molecule has 0 atom stereocenters. The second-order valence-electron chi connectivity index (χ2n) is 6.63. The monoisotopic (exact) mass is 324 g/mol. The first-order valence-electron chi connectivity index (χ1n) is 8.86. The van der Waals surface area contributed by atoms with Crippen molar-refractivity contribution >= 4 is 5.65 Å². The number of aromatic nitrogens is 5. The van der Waals surface area contributed by atoms with Crippen LogP contribution in [-0.4, -0.2) is 42.4 Å². The Balaban J connectivity index is 1.38. The molecule has 0 N–H and O–H groups in total. The number of rotatable bonds is 5. The summed E-state index contributed by atoms with van der Waals surface area (Å²) >= 11 is 0. The van der Waals surface area contributed by atoms with E-state index in [4.69, 9.17) is 0 Å². The Labute approximate surface area is 142 Å². The van der Waals surface area contributed by atoms with E-state index >= 15 is 0 Å². The first-order valence-corrected chi connectivity index (χ1v) is 8.86. The largest absolute Gasteiger partial charge is 0.299 e. The first-order chi connectivity index (χ1) is 11.8. The number of aryl methyl sites for hydroxylation is 1. The summed E-state index contributed by atoms with van der Waals surface area (Å²) in [5.74, 6) is 0.564. The number of piperidine rings is 1. The van der Waals surface area contributed by atoms with E-state index in [1.165, 1.54) is 24.1 Å². The second kappa shape index (κ2) is 6.73. The molecule has 0 spiro atoms. The van der Waals surface area contributed by atoms with Crippen LogP contribution in [0.5, 0.6) is 0 Å². The SMILES string of the molecule is CCCn1cc(CN2CCC(c3ccnc4ccnn34)CC2)cn1. The summed E-state index contributed by atoms with van der Waals surface area (Å²) < 4.78 is 4.04. The molecule has 4 rings (SSSR count). The van der Waals surface area contributed by atoms with Crippen molar-refractivity contribution in [1.29, 1.82) is 0 Å². The highest BCUT2D eigenvalue weighted by Gasteiger charge is 2.23. The standard InChI is InChI=1S/C18H24N6/c1-2-9-23-14-15(12-21-23)13-22-10-5-16(6-11-22)17-3-7-19-18-4-8-20-24(17)18/h3-4,7-8,12,14,16H,2,5-6,9-11,13H2,1H3. The van der Waals surface area contributed by atoms with E-state index in [1.807, 2.05) is 33.9 Å². The third-order valence-electron chi connectivity index (χ3n) is 4.87. The molecule has 3 aromatic heterocycles. The predicted octanol–water partition coefficient (Wildman–Crippen LogP) is 2.72. The molecule has 3 aromatic rings. The highest BCUT2D eigenvalue weighted by atomic mass is 15.3. The molecule has 126 valence electrons. The third-order valence-corrected chi connectivity index (χ3v) is 4.87. The van der Waals surface area contributed by atoms with Crippen LogP contribution >= 0.6 is 0 Å². The van der Waals surface area contributed by atoms with E-state index < -0.39 is 0 Å². The summed E-state index contributed by atoms with van der Waals surface area (Å²) in [6.45, 7) is 6.43. The van der Waals surface area contributed by atoms with E-state index in [1.54, 1.807) is 0 Å². The zero-order chi connectivity index (χ0) is 16.4. The summed E-state index contributed by atoms with van der Waals surface area (Å²) in [5.41, 5.74) is 3.55. The number of hydrogen-bond acceptors (Lipinski definition) is 4. The van der Waals surface area contributed by atoms with Gasteiger partial charge in [-0.05, 0) is 38.4 Å². The van der Waals surface area contributed by atoms with Gasteiger partial charge in [0.25, 0.3) is 0 Å². The molecule has 0 radical (unpaired) electrons. The molecule has 6 nitrogen and oxygen atoms in total. The number of fused-ring (bicyclic) bond motifs is 1. The smallest absolute Gasteiger partial charge is 0.155 e. The molecule has 0 amide bonds. The normalized spacial score (nSPS) is 16.9. The fourth-order valence-corrected chi connectivity index (χ4v) is 3.65. The minimum Gasteiger partial charge on any atom is -0.299 e. The first kappa shape index (κ1) is 15.3. The molecule has 0 aromatic carbocycles. The maximum atomic E-state index is 4.43. The Morgan fingerprint density at radius 3 is 2.83 bits per heavy atom. The zero-order valence-electron chi connectivity index (χ0n) is 14.2. The average molecular weight is 324 g/mol. The van der Waals surface area contributed by atoms with Gasteiger partial charge in [0.2, 0.25) is 0 Å². The minimum atomic E-state index is 0.564. The molecule has 1 aliphatic heterocycles. The van der Waals surface area contributed by atoms with Crippen molar-refractivity contribution < 1.29 is 0 Å². The molecule has 4 heterocycles. The van der Waals surface area contributed by atoms with Crippen LogP contribution in [0.3, 0.4) is 0 Å². The van der Waals surface area contributed by atoms with E-state index in [0.29, 0.717) is 5.92 Å². The third kappa shape index (κ3) is 3.06. The highest BCUT2D eigenvalue weighted by molar-refractivity contribution is 5.37. The fraction of sp³-hybridized carbons (Fsp3) is 0.500. The van der Waals surface area contributed by atoms with Crippen molar-refractivity contribution in [2.45, 2.75) is 45.2 Å². The molecule has 1 fully saturated rings. The van der Waals surface area contributed by atoms with Crippen molar-refractivity contribution in [3.05, 3.63) is 48.2 Å². The van der Waals surface area contributed by atoms with Gasteiger partial charge < -0.3 is 0 Å². The van der Waals surface area contributed by atoms with Gasteiger partial charge in [-0.3, -0.25) is 9.58 Å². The van der Waals surface area contributed by atoms with Crippen LogP contribution in [-0.2, 0) is 13.1 Å². The Hall–Kier alpha value is -2.21. The van der Waals surface area contributed by atoms with Crippen LogP contribution in [0.4, 0.5) is 0 Å². The minimum absolute atomic E-state index is 0.564. The van der Waals surface area contributed by atoms with Crippen molar-refractivity contribution in [2.24, 2.45) is 0 Å². The topological polar surface area (TPSA) is 51.2 Å². The van der Waals surface area contributed by atoms with Crippen LogP contribution in [0.25, 0.3) is 5.65 Å². The van der Waals surface area contributed by atoms with Crippen molar-refractivity contribution in [1.82, 2.24) is 29.3 Å². The van der Waals surface area contributed by atoms with E-state index in [2.05, 4.69) is 39.3 Å². The van der Waals surface area contributed by atoms with Crippen LogP contribution in [0.15, 0.2) is 36.9 Å². The summed E-state index contributed by atoms with van der Waals surface area (Å²) in [5, 5.41) is 8.86. The lowest BCUT2D eigenvalue weighted by atomic mass is 9.93. The lowest BCUT2D eigenvalue weighted by Gasteiger charge is -2.31. The molecule has 0 aliphatic carbocycles. The van der Waals surface area contributed by atoms with Crippen molar-refractivity contribution in [2.75, 3.05) is 13.1 Å². The highest BCUT2D eigenvalue weighted by Crippen LogP contribution is 2.28. The quantitative estimate of drug-likeness (QED) is 0.724. The van der Waals surface area contributed by atoms with Gasteiger partial charge in [0.15, 0.2) is 5.65 Å². The van der Waals surface area contributed by atoms with Gasteiger partial charge in [0.05, 0.1) is 12.4 Å². The molecule has 0 saturated carbocycles. The molecule has 1 saturated heterocycles. The molecule has 1 aliphatic rings. The Bertz CT molecular complexity index is 797. The van der Waals surface area contributed by atoms with Gasteiger partial charge in [-0.25, -0.2) is 9.50 Å². The molecule has 0 unspecified atom stereocenters. The van der Waals surface area contributed by atoms with Gasteiger partial charge in [-0.15, -0.1) is 0 Å². The molecule has 0 bridgehead atoms. The van der Waals surface area contributed by atoms with E-state index in [9.17, 15) is 0 Å². The van der Waals surface area contributed by atoms with Gasteiger partial charge in [-0.2, -0.15) is 10.2 Å². The summed E-state index contributed by atoms with van der Waals surface area (Å²) in [7, 11) is 0.